The molecule has 11 heteroatoms. The molecule has 3 heterocycles. The third-order valence-corrected chi connectivity index (χ3v) is 8.65. The number of benzene rings is 1. The minimum Gasteiger partial charge on any atom is -0.463 e. The quantitative estimate of drug-likeness (QED) is 0.581. The summed E-state index contributed by atoms with van der Waals surface area (Å²) in [6.07, 6.45) is 0. The van der Waals surface area contributed by atoms with Crippen molar-refractivity contribution < 1.29 is 22.7 Å². The molecule has 2 amide bonds. The van der Waals surface area contributed by atoms with Gasteiger partial charge < -0.3 is 10.1 Å². The minimum atomic E-state index is -3.56. The highest BCUT2D eigenvalue weighted by Gasteiger charge is 2.38. The van der Waals surface area contributed by atoms with Gasteiger partial charge >= 0.3 is 12.0 Å². The van der Waals surface area contributed by atoms with E-state index in [2.05, 4.69) is 10.2 Å². The lowest BCUT2D eigenvalue weighted by Crippen LogP contribution is -2.52. The summed E-state index contributed by atoms with van der Waals surface area (Å²) >= 11 is 1.49. The number of sulfonamides is 1. The Kier molecular flexibility index (Phi) is 7.36. The Morgan fingerprint density at radius 1 is 1.15 bits per heavy atom. The fraction of sp³-hybridized carbons (Fsp3) is 0.391. The standard InChI is InChI=1S/C23H28N4O5S2/c1-3-32-22(28)20-19(25(2)23(29)24-21(20)17-9-14-33-16-17)15-26-10-12-27(13-11-26)34(30,31)18-7-5-4-6-8-18/h4-9,14,16,21H,3,10-13,15H2,1-2H3,(H,24,29)/t21-/m0/s1. The van der Waals surface area contributed by atoms with E-state index in [0.29, 0.717) is 44.0 Å². The smallest absolute Gasteiger partial charge is 0.338 e. The molecule has 2 aromatic rings. The molecule has 0 aliphatic carbocycles. The van der Waals surface area contributed by atoms with Gasteiger partial charge in [0.2, 0.25) is 10.0 Å². The Bertz CT molecular complexity index is 1160. The third-order valence-electron chi connectivity index (χ3n) is 6.03. The number of likely N-dealkylation sites (N-methyl/N-ethyl adjacent to an activating group) is 1. The topological polar surface area (TPSA) is 99.3 Å². The van der Waals surface area contributed by atoms with Crippen molar-refractivity contribution in [3.8, 4) is 0 Å². The molecule has 4 rings (SSSR count). The summed E-state index contributed by atoms with van der Waals surface area (Å²) in [4.78, 5) is 29.5. The van der Waals surface area contributed by atoms with Crippen LogP contribution in [-0.4, -0.2) is 80.9 Å². The van der Waals surface area contributed by atoms with Crippen LogP contribution >= 0.6 is 11.3 Å². The van der Waals surface area contributed by atoms with Crippen LogP contribution in [0.15, 0.2) is 63.3 Å². The maximum Gasteiger partial charge on any atom is 0.338 e. The van der Waals surface area contributed by atoms with Gasteiger partial charge in [-0.1, -0.05) is 18.2 Å². The molecule has 9 nitrogen and oxygen atoms in total. The van der Waals surface area contributed by atoms with Crippen molar-refractivity contribution in [1.29, 1.82) is 0 Å². The summed E-state index contributed by atoms with van der Waals surface area (Å²) in [6, 6.07) is 9.38. The van der Waals surface area contributed by atoms with E-state index >= 15 is 0 Å². The fourth-order valence-corrected chi connectivity index (χ4v) is 6.30. The molecular weight excluding hydrogens is 476 g/mol. The monoisotopic (exact) mass is 504 g/mol. The Morgan fingerprint density at radius 3 is 2.47 bits per heavy atom. The molecule has 34 heavy (non-hydrogen) atoms. The lowest BCUT2D eigenvalue weighted by molar-refractivity contribution is -0.139. The molecule has 0 unspecified atom stereocenters. The van der Waals surface area contributed by atoms with E-state index in [9.17, 15) is 18.0 Å². The Balaban J connectivity index is 1.56. The molecule has 2 aliphatic heterocycles. The van der Waals surface area contributed by atoms with Gasteiger partial charge in [-0.15, -0.1) is 0 Å². The molecule has 1 saturated heterocycles. The van der Waals surface area contributed by atoms with E-state index < -0.39 is 22.0 Å². The number of hydrogen-bond acceptors (Lipinski definition) is 7. The maximum absolute atomic E-state index is 13.0. The molecule has 1 aromatic carbocycles. The number of thiophene rings is 1. The first-order chi connectivity index (χ1) is 16.3. The van der Waals surface area contributed by atoms with Crippen LogP contribution in [0.2, 0.25) is 0 Å². The van der Waals surface area contributed by atoms with Gasteiger partial charge in [-0.3, -0.25) is 9.80 Å². The largest absolute Gasteiger partial charge is 0.463 e. The lowest BCUT2D eigenvalue weighted by Gasteiger charge is -2.39. The molecule has 0 radical (unpaired) electrons. The first-order valence-corrected chi connectivity index (χ1v) is 13.4. The maximum atomic E-state index is 13.0. The number of nitrogens with zero attached hydrogens (tertiary/aromatic N) is 3. The van der Waals surface area contributed by atoms with Gasteiger partial charge in [-0.25, -0.2) is 18.0 Å². The van der Waals surface area contributed by atoms with Crippen molar-refractivity contribution in [2.24, 2.45) is 0 Å². The van der Waals surface area contributed by atoms with Crippen LogP contribution in [0, 0.1) is 0 Å². The summed E-state index contributed by atoms with van der Waals surface area (Å²) in [5.74, 6) is -0.467. The number of rotatable bonds is 7. The first kappa shape index (κ1) is 24.4. The van der Waals surface area contributed by atoms with Gasteiger partial charge in [-0.2, -0.15) is 15.6 Å². The number of urea groups is 1. The molecule has 2 aliphatic rings. The van der Waals surface area contributed by atoms with Gasteiger partial charge in [0.15, 0.2) is 0 Å². The minimum absolute atomic E-state index is 0.222. The molecule has 1 aromatic heterocycles. The van der Waals surface area contributed by atoms with E-state index in [1.165, 1.54) is 20.5 Å². The van der Waals surface area contributed by atoms with Gasteiger partial charge in [0.05, 0.1) is 23.1 Å². The van der Waals surface area contributed by atoms with Crippen LogP contribution in [0.5, 0.6) is 0 Å². The molecule has 1 fully saturated rings. The highest BCUT2D eigenvalue weighted by Crippen LogP contribution is 2.32. The third kappa shape index (κ3) is 4.88. The summed E-state index contributed by atoms with van der Waals surface area (Å²) in [5.41, 5.74) is 1.80. The number of amides is 2. The van der Waals surface area contributed by atoms with E-state index in [1.54, 1.807) is 44.3 Å². The van der Waals surface area contributed by atoms with Crippen molar-refractivity contribution in [1.82, 2.24) is 19.4 Å². The average molecular weight is 505 g/mol. The van der Waals surface area contributed by atoms with Gasteiger partial charge in [0.25, 0.3) is 0 Å². The summed E-state index contributed by atoms with van der Waals surface area (Å²) in [7, 11) is -1.93. The average Bonchev–Trinajstić information content (AvgIpc) is 3.38. The van der Waals surface area contributed by atoms with Crippen molar-refractivity contribution in [2.75, 3.05) is 46.4 Å². The zero-order valence-electron chi connectivity index (χ0n) is 19.1. The van der Waals surface area contributed by atoms with Crippen LogP contribution in [-0.2, 0) is 19.6 Å². The Labute approximate surface area is 203 Å². The van der Waals surface area contributed by atoms with E-state index in [-0.39, 0.29) is 17.5 Å². The predicted molar refractivity (Wildman–Crippen MR) is 129 cm³/mol. The lowest BCUT2D eigenvalue weighted by atomic mass is 9.96. The highest BCUT2D eigenvalue weighted by molar-refractivity contribution is 7.89. The van der Waals surface area contributed by atoms with Gasteiger partial charge in [0.1, 0.15) is 0 Å². The van der Waals surface area contributed by atoms with Crippen LogP contribution < -0.4 is 5.32 Å². The van der Waals surface area contributed by atoms with E-state index in [1.807, 2.05) is 16.8 Å². The highest BCUT2D eigenvalue weighted by atomic mass is 32.2. The number of carbonyl (C=O) groups excluding carboxylic acids is 2. The zero-order chi connectivity index (χ0) is 24.3. The second kappa shape index (κ2) is 10.3. The number of nitrogens with one attached hydrogen (secondary N) is 1. The number of piperazine rings is 1. The molecule has 1 N–H and O–H groups in total. The summed E-state index contributed by atoms with van der Waals surface area (Å²) in [6.45, 7) is 3.90. The van der Waals surface area contributed by atoms with Crippen molar-refractivity contribution in [2.45, 2.75) is 17.9 Å². The Hall–Kier alpha value is -2.73. The SMILES string of the molecule is CCOC(=O)C1=C(CN2CCN(S(=O)(=O)c3ccccc3)CC2)N(C)C(=O)N[C@H]1c1ccsc1. The van der Waals surface area contributed by atoms with Gasteiger partial charge in [-0.05, 0) is 41.4 Å². The molecule has 0 saturated carbocycles. The van der Waals surface area contributed by atoms with Crippen molar-refractivity contribution >= 4 is 33.4 Å². The zero-order valence-corrected chi connectivity index (χ0v) is 20.8. The van der Waals surface area contributed by atoms with Crippen LogP contribution in [0.1, 0.15) is 18.5 Å². The summed E-state index contributed by atoms with van der Waals surface area (Å²) in [5, 5.41) is 6.70. The molecule has 0 bridgehead atoms. The fourth-order valence-electron chi connectivity index (χ4n) is 4.17. The normalized spacial score (nSPS) is 20.4. The van der Waals surface area contributed by atoms with E-state index in [0.717, 1.165) is 5.56 Å². The molecule has 182 valence electrons. The number of hydrogen-bond donors (Lipinski definition) is 1. The molecule has 1 atom stereocenters. The second-order valence-corrected chi connectivity index (χ2v) is 10.8. The van der Waals surface area contributed by atoms with Gasteiger partial charge in [0, 0.05) is 45.5 Å². The van der Waals surface area contributed by atoms with Crippen LogP contribution in [0.3, 0.4) is 0 Å². The van der Waals surface area contributed by atoms with E-state index in [4.69, 9.17) is 4.74 Å². The van der Waals surface area contributed by atoms with Crippen LogP contribution in [0.4, 0.5) is 4.79 Å². The van der Waals surface area contributed by atoms with Crippen molar-refractivity contribution in [3.63, 3.8) is 0 Å². The summed E-state index contributed by atoms with van der Waals surface area (Å²) < 4.78 is 32.7. The number of carbonyl (C=O) groups is 2. The number of esters is 1. The number of ether oxygens (including phenoxy) is 1. The first-order valence-electron chi connectivity index (χ1n) is 11.1. The molecule has 0 spiro atoms. The van der Waals surface area contributed by atoms with Crippen molar-refractivity contribution in [3.05, 3.63) is 64.0 Å². The Morgan fingerprint density at radius 2 is 1.85 bits per heavy atom. The predicted octanol–water partition coefficient (Wildman–Crippen LogP) is 2.27. The second-order valence-electron chi connectivity index (χ2n) is 8.07. The van der Waals surface area contributed by atoms with Crippen LogP contribution in [0.25, 0.3) is 0 Å². The molecular formula is C23H28N4O5S2.